The third-order valence-corrected chi connectivity index (χ3v) is 10.0. The van der Waals surface area contributed by atoms with Gasteiger partial charge >= 0.3 is 0 Å². The van der Waals surface area contributed by atoms with Gasteiger partial charge in [0.25, 0.3) is 0 Å². The van der Waals surface area contributed by atoms with Gasteiger partial charge in [0.1, 0.15) is 0 Å². The van der Waals surface area contributed by atoms with E-state index in [0.29, 0.717) is 0 Å². The molecule has 0 aliphatic heterocycles. The standard InChI is InChI=1S/C42H27NS/c1-2-12-31(13-3-1)43(39-27-30-22-21-28-11-4-5-14-33(28)41(30)37-17-7-6-15-35(37)39)32-25-23-29(24-26-32)34-18-10-19-38-36-16-8-9-20-40(36)44-42(34)38/h1-27H. The summed E-state index contributed by atoms with van der Waals surface area (Å²) in [6.07, 6.45) is 0. The SMILES string of the molecule is c1ccc(N(c2ccc(-c3cccc4c3sc3ccccc34)cc2)c2cc3ccc4ccccc4c3c3ccccc23)cc1. The Hall–Kier alpha value is -5.44. The van der Waals surface area contributed by atoms with Crippen LogP contribution < -0.4 is 4.90 Å². The molecular formula is C42H27NS. The maximum atomic E-state index is 2.40. The summed E-state index contributed by atoms with van der Waals surface area (Å²) < 4.78 is 2.67. The van der Waals surface area contributed by atoms with Crippen molar-refractivity contribution in [3.63, 3.8) is 0 Å². The Balaban J connectivity index is 1.25. The molecule has 0 spiro atoms. The molecule has 8 aromatic carbocycles. The molecule has 1 heterocycles. The maximum absolute atomic E-state index is 2.40. The number of fused-ring (bicyclic) bond motifs is 8. The lowest BCUT2D eigenvalue weighted by Gasteiger charge is -2.28. The summed E-state index contributed by atoms with van der Waals surface area (Å²) in [5, 5.41) is 10.3. The van der Waals surface area contributed by atoms with Crippen molar-refractivity contribution in [2.24, 2.45) is 0 Å². The zero-order chi connectivity index (χ0) is 29.0. The second-order valence-electron chi connectivity index (χ2n) is 11.3. The number of thiophene rings is 1. The van der Waals surface area contributed by atoms with Crippen LogP contribution in [0.15, 0.2) is 164 Å². The average Bonchev–Trinajstić information content (AvgIpc) is 3.48. The highest BCUT2D eigenvalue weighted by molar-refractivity contribution is 7.26. The largest absolute Gasteiger partial charge is 0.310 e. The van der Waals surface area contributed by atoms with Gasteiger partial charge in [0, 0.05) is 36.9 Å². The number of benzene rings is 8. The van der Waals surface area contributed by atoms with Gasteiger partial charge in [-0.1, -0.05) is 127 Å². The van der Waals surface area contributed by atoms with E-state index >= 15 is 0 Å². The molecule has 0 N–H and O–H groups in total. The van der Waals surface area contributed by atoms with Crippen molar-refractivity contribution in [1.29, 1.82) is 0 Å². The van der Waals surface area contributed by atoms with Crippen molar-refractivity contribution in [1.82, 2.24) is 0 Å². The fraction of sp³-hybridized carbons (Fsp3) is 0. The van der Waals surface area contributed by atoms with Crippen LogP contribution >= 0.6 is 11.3 Å². The van der Waals surface area contributed by atoms with Crippen molar-refractivity contribution >= 4 is 80.9 Å². The first-order chi connectivity index (χ1) is 21.8. The lowest BCUT2D eigenvalue weighted by atomic mass is 9.94. The second-order valence-corrected chi connectivity index (χ2v) is 12.4. The number of para-hydroxylation sites is 1. The summed E-state index contributed by atoms with van der Waals surface area (Å²) in [5.41, 5.74) is 5.96. The van der Waals surface area contributed by atoms with Crippen LogP contribution in [0.1, 0.15) is 0 Å². The Morgan fingerprint density at radius 1 is 0.409 bits per heavy atom. The van der Waals surface area contributed by atoms with E-state index in [1.54, 1.807) is 0 Å². The Labute approximate surface area is 259 Å². The molecule has 0 fully saturated rings. The average molecular weight is 578 g/mol. The molecule has 1 nitrogen and oxygen atoms in total. The number of hydrogen-bond donors (Lipinski definition) is 0. The summed E-state index contributed by atoms with van der Waals surface area (Å²) in [4.78, 5) is 2.40. The molecule has 0 unspecified atom stereocenters. The zero-order valence-electron chi connectivity index (χ0n) is 23.9. The van der Waals surface area contributed by atoms with E-state index in [1.807, 2.05) is 11.3 Å². The van der Waals surface area contributed by atoms with Gasteiger partial charge in [0.15, 0.2) is 0 Å². The van der Waals surface area contributed by atoms with Crippen LogP contribution in [0.25, 0.3) is 63.6 Å². The third kappa shape index (κ3) is 3.92. The van der Waals surface area contributed by atoms with Crippen molar-refractivity contribution in [3.05, 3.63) is 164 Å². The number of nitrogens with zero attached hydrogens (tertiary/aromatic N) is 1. The zero-order valence-corrected chi connectivity index (χ0v) is 24.8. The first-order valence-electron chi connectivity index (χ1n) is 15.0. The minimum absolute atomic E-state index is 1.13. The monoisotopic (exact) mass is 577 g/mol. The van der Waals surface area contributed by atoms with Gasteiger partial charge in [-0.05, 0) is 74.5 Å². The maximum Gasteiger partial charge on any atom is 0.0546 e. The van der Waals surface area contributed by atoms with Crippen LogP contribution in [0.2, 0.25) is 0 Å². The molecule has 9 aromatic rings. The van der Waals surface area contributed by atoms with Crippen molar-refractivity contribution in [3.8, 4) is 11.1 Å². The molecule has 0 saturated carbocycles. The highest BCUT2D eigenvalue weighted by Gasteiger charge is 2.18. The molecule has 0 radical (unpaired) electrons. The van der Waals surface area contributed by atoms with E-state index in [-0.39, 0.29) is 0 Å². The van der Waals surface area contributed by atoms with Crippen molar-refractivity contribution in [2.75, 3.05) is 4.90 Å². The lowest BCUT2D eigenvalue weighted by Crippen LogP contribution is -2.10. The normalized spacial score (nSPS) is 11.6. The Kier molecular flexibility index (Phi) is 5.75. The Bertz CT molecular complexity index is 2490. The minimum Gasteiger partial charge on any atom is -0.310 e. The molecule has 0 aliphatic rings. The topological polar surface area (TPSA) is 3.24 Å². The van der Waals surface area contributed by atoms with Crippen LogP contribution in [0.5, 0.6) is 0 Å². The minimum atomic E-state index is 1.13. The van der Waals surface area contributed by atoms with E-state index in [4.69, 9.17) is 0 Å². The fourth-order valence-corrected chi connectivity index (χ4v) is 8.05. The van der Waals surface area contributed by atoms with Gasteiger partial charge in [-0.15, -0.1) is 11.3 Å². The van der Waals surface area contributed by atoms with E-state index in [2.05, 4.69) is 169 Å². The first-order valence-corrected chi connectivity index (χ1v) is 15.8. The second kappa shape index (κ2) is 10.1. The van der Waals surface area contributed by atoms with Gasteiger partial charge in [-0.3, -0.25) is 0 Å². The van der Waals surface area contributed by atoms with Gasteiger partial charge in [-0.25, -0.2) is 0 Å². The van der Waals surface area contributed by atoms with Crippen LogP contribution in [0.3, 0.4) is 0 Å². The first kappa shape index (κ1) is 25.1. The highest BCUT2D eigenvalue weighted by atomic mass is 32.1. The van der Waals surface area contributed by atoms with Crippen LogP contribution in [0.4, 0.5) is 17.1 Å². The highest BCUT2D eigenvalue weighted by Crippen LogP contribution is 2.45. The molecule has 0 amide bonds. The predicted octanol–water partition coefficient (Wildman–Crippen LogP) is 12.7. The third-order valence-electron chi connectivity index (χ3n) is 8.82. The summed E-state index contributed by atoms with van der Waals surface area (Å²) in [5.74, 6) is 0. The molecule has 2 heteroatoms. The molecule has 44 heavy (non-hydrogen) atoms. The van der Waals surface area contributed by atoms with E-state index in [1.165, 1.54) is 69.3 Å². The summed E-state index contributed by atoms with van der Waals surface area (Å²) >= 11 is 1.88. The summed E-state index contributed by atoms with van der Waals surface area (Å²) in [6, 6.07) is 59.7. The Morgan fingerprint density at radius 3 is 1.89 bits per heavy atom. The molecular weight excluding hydrogens is 551 g/mol. The number of hydrogen-bond acceptors (Lipinski definition) is 2. The van der Waals surface area contributed by atoms with Gasteiger partial charge in [-0.2, -0.15) is 0 Å². The number of rotatable bonds is 4. The molecule has 9 rings (SSSR count). The summed E-state index contributed by atoms with van der Waals surface area (Å²) in [6.45, 7) is 0. The quantitative estimate of drug-likeness (QED) is 0.188. The molecule has 0 aliphatic carbocycles. The molecule has 1 aromatic heterocycles. The molecule has 206 valence electrons. The van der Waals surface area contributed by atoms with Crippen LogP contribution in [0, 0.1) is 0 Å². The van der Waals surface area contributed by atoms with Crippen LogP contribution in [-0.4, -0.2) is 0 Å². The predicted molar refractivity (Wildman–Crippen MR) is 192 cm³/mol. The fourth-order valence-electron chi connectivity index (χ4n) is 6.81. The Morgan fingerprint density at radius 2 is 1.05 bits per heavy atom. The molecule has 0 bridgehead atoms. The van der Waals surface area contributed by atoms with E-state index < -0.39 is 0 Å². The van der Waals surface area contributed by atoms with E-state index in [0.717, 1.165) is 11.4 Å². The van der Waals surface area contributed by atoms with Crippen molar-refractivity contribution < 1.29 is 0 Å². The smallest absolute Gasteiger partial charge is 0.0546 e. The van der Waals surface area contributed by atoms with E-state index in [9.17, 15) is 0 Å². The van der Waals surface area contributed by atoms with Gasteiger partial charge in [0.05, 0.1) is 5.69 Å². The van der Waals surface area contributed by atoms with Gasteiger partial charge in [0.2, 0.25) is 0 Å². The van der Waals surface area contributed by atoms with Gasteiger partial charge < -0.3 is 4.90 Å². The van der Waals surface area contributed by atoms with Crippen molar-refractivity contribution in [2.45, 2.75) is 0 Å². The number of anilines is 3. The molecule has 0 atom stereocenters. The molecule has 0 saturated heterocycles. The summed E-state index contributed by atoms with van der Waals surface area (Å²) in [7, 11) is 0. The van der Waals surface area contributed by atoms with Crippen LogP contribution in [-0.2, 0) is 0 Å². The lowest BCUT2D eigenvalue weighted by molar-refractivity contribution is 1.30.